The van der Waals surface area contributed by atoms with Gasteiger partial charge in [-0.2, -0.15) is 0 Å². The Bertz CT molecular complexity index is 2230. The zero-order chi connectivity index (χ0) is 57.8. The second kappa shape index (κ2) is 48.9. The molecule has 456 valence electrons. The van der Waals surface area contributed by atoms with Crippen LogP contribution in [0, 0.1) is 0 Å². The van der Waals surface area contributed by atoms with Gasteiger partial charge in [0.15, 0.2) is 0 Å². The summed E-state index contributed by atoms with van der Waals surface area (Å²) < 4.78 is 71.4. The first-order chi connectivity index (χ1) is 38.9. The first-order valence-corrected chi connectivity index (χ1v) is 36.8. The molecule has 0 amide bonds. The number of fused-ring (bicyclic) bond motifs is 2. The van der Waals surface area contributed by atoms with Crippen molar-refractivity contribution in [1.29, 1.82) is 0 Å². The average molecular weight is 1280 g/mol. The molecular weight excluding hydrogens is 1160 g/mol. The van der Waals surface area contributed by atoms with Crippen molar-refractivity contribution in [3.63, 3.8) is 0 Å². The molecule has 0 N–H and O–H groups in total. The summed E-state index contributed by atoms with van der Waals surface area (Å²) >= 11 is 0. The Labute approximate surface area is 540 Å². The fourth-order valence-corrected chi connectivity index (χ4v) is 13.3. The molecule has 0 heterocycles. The van der Waals surface area contributed by atoms with Gasteiger partial charge in [0.1, 0.15) is 20.2 Å². The smallest absolute Gasteiger partial charge is 0.744 e. The standard InChI is InChI=1S/2C36H60O3S.Ba/c2*1-3-5-7-9-11-13-15-17-19-21-23-26-32-28-25-29-34-31-35(40(37,38)39)30-33(36(32)34)27-24-22-20-18-16-14-12-10-8-6-4-2;/h2*25,28-31H,3-24,26-27H2,1-2H3,(H,37,38,39);/q;;+2/p-2. The molecule has 4 rings (SSSR count). The minimum Gasteiger partial charge on any atom is -0.744 e. The molecule has 81 heavy (non-hydrogen) atoms. The van der Waals surface area contributed by atoms with Gasteiger partial charge in [0, 0.05) is 0 Å². The Balaban J connectivity index is 0.000000547. The second-order valence-electron chi connectivity index (χ2n) is 24.2. The Morgan fingerprint density at radius 1 is 0.272 bits per heavy atom. The molecule has 0 unspecified atom stereocenters. The van der Waals surface area contributed by atoms with Gasteiger partial charge in [-0.15, -0.1) is 0 Å². The Morgan fingerprint density at radius 3 is 0.679 bits per heavy atom. The number of benzene rings is 4. The minimum absolute atomic E-state index is 0. The van der Waals surface area contributed by atoms with Crippen LogP contribution in [0.2, 0.25) is 0 Å². The van der Waals surface area contributed by atoms with Crippen LogP contribution in [0.25, 0.3) is 21.5 Å². The molecule has 0 atom stereocenters. The van der Waals surface area contributed by atoms with Crippen molar-refractivity contribution in [1.82, 2.24) is 0 Å². The summed E-state index contributed by atoms with van der Waals surface area (Å²) in [6.07, 6.45) is 61.3. The molecule has 0 spiro atoms. The Morgan fingerprint density at radius 2 is 0.469 bits per heavy atom. The molecular formula is C72H118BaO6S2. The first kappa shape index (κ1) is 75.9. The number of aryl methyl sites for hydroxylation is 4. The van der Waals surface area contributed by atoms with E-state index in [9.17, 15) is 25.9 Å². The molecule has 0 fully saturated rings. The van der Waals surface area contributed by atoms with E-state index in [-0.39, 0.29) is 58.7 Å². The van der Waals surface area contributed by atoms with Gasteiger partial charge in [-0.1, -0.05) is 321 Å². The number of rotatable bonds is 50. The molecule has 0 aliphatic carbocycles. The molecule has 9 heteroatoms. The van der Waals surface area contributed by atoms with E-state index in [4.69, 9.17) is 0 Å². The Hall–Kier alpha value is -1.21. The maximum Gasteiger partial charge on any atom is 2.00 e. The van der Waals surface area contributed by atoms with E-state index in [0.717, 1.165) is 86.1 Å². The largest absolute Gasteiger partial charge is 2.00 e. The van der Waals surface area contributed by atoms with Crippen LogP contribution in [-0.2, 0) is 45.9 Å². The van der Waals surface area contributed by atoms with Crippen LogP contribution < -0.4 is 0 Å². The summed E-state index contributed by atoms with van der Waals surface area (Å²) in [4.78, 5) is -0.158. The third kappa shape index (κ3) is 35.3. The topological polar surface area (TPSA) is 114 Å². The fraction of sp³-hybridized carbons (Fsp3) is 0.722. The molecule has 0 radical (unpaired) electrons. The van der Waals surface area contributed by atoms with Crippen molar-refractivity contribution < 1.29 is 25.9 Å². The predicted octanol–water partition coefficient (Wildman–Crippen LogP) is 22.5. The van der Waals surface area contributed by atoms with E-state index in [2.05, 4.69) is 39.8 Å². The normalized spacial score (nSPS) is 11.8. The molecule has 0 saturated heterocycles. The van der Waals surface area contributed by atoms with Gasteiger partial charge in [-0.25, -0.2) is 16.8 Å². The Kier molecular flexibility index (Phi) is 45.8. The van der Waals surface area contributed by atoms with Crippen molar-refractivity contribution in [2.24, 2.45) is 0 Å². The average Bonchev–Trinajstić information content (AvgIpc) is 3.47. The van der Waals surface area contributed by atoms with E-state index in [1.54, 1.807) is 24.3 Å². The van der Waals surface area contributed by atoms with Crippen molar-refractivity contribution in [2.75, 3.05) is 0 Å². The summed E-state index contributed by atoms with van der Waals surface area (Å²) in [5, 5.41) is 4.18. The molecule has 4 aromatic carbocycles. The number of hydrogen-bond donors (Lipinski definition) is 0. The van der Waals surface area contributed by atoms with Gasteiger partial charge in [0.05, 0.1) is 9.79 Å². The molecule has 0 bridgehead atoms. The van der Waals surface area contributed by atoms with Crippen LogP contribution in [0.1, 0.15) is 332 Å². The van der Waals surface area contributed by atoms with Crippen LogP contribution in [0.4, 0.5) is 0 Å². The zero-order valence-electron chi connectivity index (χ0n) is 52.7. The molecule has 0 aromatic heterocycles. The first-order valence-electron chi connectivity index (χ1n) is 33.9. The van der Waals surface area contributed by atoms with Crippen molar-refractivity contribution in [3.8, 4) is 0 Å². The SMILES string of the molecule is CCCCCCCCCCCCCc1cccc2cc(S(=O)(=O)[O-])cc(CCCCCCCCCCCCC)c12.CCCCCCCCCCCCCc1cccc2cc(S(=O)(=O)[O-])cc(CCCCCCCCCCCCC)c12.[Ba+2]. The van der Waals surface area contributed by atoms with E-state index >= 15 is 0 Å². The summed E-state index contributed by atoms with van der Waals surface area (Å²) in [6.45, 7) is 9.07. The summed E-state index contributed by atoms with van der Waals surface area (Å²) in [5.74, 6) is 0. The quantitative estimate of drug-likeness (QED) is 0.0247. The van der Waals surface area contributed by atoms with Gasteiger partial charge in [0.25, 0.3) is 0 Å². The fourth-order valence-electron chi connectivity index (χ4n) is 12.2. The van der Waals surface area contributed by atoms with Gasteiger partial charge in [0.2, 0.25) is 0 Å². The van der Waals surface area contributed by atoms with E-state index in [1.165, 1.54) is 266 Å². The number of hydrogen-bond acceptors (Lipinski definition) is 6. The van der Waals surface area contributed by atoms with Crippen LogP contribution in [-0.4, -0.2) is 74.8 Å². The second-order valence-corrected chi connectivity index (χ2v) is 27.0. The monoisotopic (exact) mass is 1280 g/mol. The van der Waals surface area contributed by atoms with E-state index in [1.807, 2.05) is 24.3 Å². The van der Waals surface area contributed by atoms with Gasteiger partial charge < -0.3 is 9.11 Å². The molecule has 4 aromatic rings. The number of unbranched alkanes of at least 4 members (excludes halogenated alkanes) is 40. The van der Waals surface area contributed by atoms with Crippen LogP contribution in [0.5, 0.6) is 0 Å². The predicted molar refractivity (Wildman–Crippen MR) is 350 cm³/mol. The maximum absolute atomic E-state index is 11.9. The zero-order valence-corrected chi connectivity index (χ0v) is 58.8. The van der Waals surface area contributed by atoms with Crippen LogP contribution in [0.3, 0.4) is 0 Å². The van der Waals surface area contributed by atoms with Crippen molar-refractivity contribution in [3.05, 3.63) is 82.9 Å². The summed E-state index contributed by atoms with van der Waals surface area (Å²) in [7, 11) is -8.95. The third-order valence-corrected chi connectivity index (χ3v) is 18.6. The molecule has 6 nitrogen and oxygen atoms in total. The third-order valence-electron chi connectivity index (χ3n) is 17.0. The van der Waals surface area contributed by atoms with Crippen molar-refractivity contribution in [2.45, 2.75) is 346 Å². The van der Waals surface area contributed by atoms with Crippen LogP contribution in [0.15, 0.2) is 70.5 Å². The molecule has 0 aliphatic heterocycles. The van der Waals surface area contributed by atoms with E-state index in [0.29, 0.717) is 0 Å². The van der Waals surface area contributed by atoms with Gasteiger partial charge >= 0.3 is 48.9 Å². The summed E-state index contributed by atoms with van der Waals surface area (Å²) in [5.41, 5.74) is 4.70. The summed E-state index contributed by atoms with van der Waals surface area (Å²) in [6, 6.07) is 18.9. The van der Waals surface area contributed by atoms with Crippen molar-refractivity contribution >= 4 is 90.7 Å². The van der Waals surface area contributed by atoms with Gasteiger partial charge in [-0.3, -0.25) is 0 Å². The maximum atomic E-state index is 11.9. The van der Waals surface area contributed by atoms with Crippen LogP contribution >= 0.6 is 0 Å². The van der Waals surface area contributed by atoms with E-state index < -0.39 is 20.2 Å². The van der Waals surface area contributed by atoms with Gasteiger partial charge in [-0.05, 0) is 119 Å². The minimum atomic E-state index is -4.47. The molecule has 0 saturated carbocycles. The molecule has 0 aliphatic rings.